The van der Waals surface area contributed by atoms with Crippen molar-refractivity contribution >= 4 is 18.4 Å². The third kappa shape index (κ3) is 2.64. The molecule has 0 bridgehead atoms. The van der Waals surface area contributed by atoms with Crippen molar-refractivity contribution in [2.45, 2.75) is 6.42 Å². The van der Waals surface area contributed by atoms with Crippen molar-refractivity contribution in [2.24, 2.45) is 0 Å². The van der Waals surface area contributed by atoms with Gasteiger partial charge in [-0.2, -0.15) is 0 Å². The van der Waals surface area contributed by atoms with Crippen LogP contribution in [-0.4, -0.2) is 23.5 Å². The highest BCUT2D eigenvalue weighted by atomic mass is 16.3. The van der Waals surface area contributed by atoms with Crippen LogP contribution in [-0.2, 0) is 6.42 Å². The van der Waals surface area contributed by atoms with Gasteiger partial charge in [0.1, 0.15) is 5.75 Å². The molecule has 1 N–H and O–H groups in total. The summed E-state index contributed by atoms with van der Waals surface area (Å²) in [6.45, 7) is 0. The van der Waals surface area contributed by atoms with Gasteiger partial charge in [-0.25, -0.2) is 0 Å². The molecule has 20 heavy (non-hydrogen) atoms. The Morgan fingerprint density at radius 3 is 2.30 bits per heavy atom. The maximum Gasteiger partial charge on any atom is 0.167 e. The minimum atomic E-state index is -0.311. The lowest BCUT2D eigenvalue weighted by atomic mass is 9.98. The molecule has 4 heteroatoms. The first-order valence-electron chi connectivity index (χ1n) is 6.00. The van der Waals surface area contributed by atoms with Crippen LogP contribution < -0.4 is 0 Å². The minimum Gasteiger partial charge on any atom is -0.507 e. The molecule has 0 fully saturated rings. The van der Waals surface area contributed by atoms with Crippen molar-refractivity contribution in [1.82, 2.24) is 0 Å². The Hall–Kier alpha value is -2.75. The number of benzene rings is 2. The van der Waals surface area contributed by atoms with Crippen molar-refractivity contribution < 1.29 is 19.5 Å². The van der Waals surface area contributed by atoms with Crippen molar-refractivity contribution in [3.63, 3.8) is 0 Å². The van der Waals surface area contributed by atoms with Gasteiger partial charge in [-0.3, -0.25) is 14.4 Å². The molecule has 0 saturated carbocycles. The molecule has 0 heterocycles. The fraction of sp³-hybridized carbons (Fsp3) is 0.0625. The second kappa shape index (κ2) is 5.93. The highest BCUT2D eigenvalue weighted by molar-refractivity contribution is 5.99. The number of rotatable bonds is 5. The molecule has 4 nitrogen and oxygen atoms in total. The number of ketones is 1. The van der Waals surface area contributed by atoms with Gasteiger partial charge in [-0.1, -0.05) is 42.5 Å². The summed E-state index contributed by atoms with van der Waals surface area (Å²) in [4.78, 5) is 33.7. The maximum absolute atomic E-state index is 12.1. The Balaban J connectivity index is 2.33. The van der Waals surface area contributed by atoms with Gasteiger partial charge in [0, 0.05) is 23.1 Å². The number of phenolic OH excluding ortho intramolecular Hbond substituents is 1. The van der Waals surface area contributed by atoms with Crippen LogP contribution in [0.5, 0.6) is 5.75 Å². The third-order valence-corrected chi connectivity index (χ3v) is 3.03. The molecule has 0 spiro atoms. The predicted molar refractivity (Wildman–Crippen MR) is 73.4 cm³/mol. The average Bonchev–Trinajstić information content (AvgIpc) is 2.49. The van der Waals surface area contributed by atoms with E-state index in [2.05, 4.69) is 0 Å². The van der Waals surface area contributed by atoms with E-state index in [-0.39, 0.29) is 29.1 Å². The Labute approximate surface area is 115 Å². The Bertz CT molecular complexity index is 660. The van der Waals surface area contributed by atoms with Crippen LogP contribution in [0.3, 0.4) is 0 Å². The summed E-state index contributed by atoms with van der Waals surface area (Å²) in [6, 6.07) is 11.6. The summed E-state index contributed by atoms with van der Waals surface area (Å²) in [5, 5.41) is 9.95. The predicted octanol–water partition coefficient (Wildman–Crippen LogP) is 2.44. The number of carbonyl (C=O) groups excluding carboxylic acids is 3. The zero-order valence-corrected chi connectivity index (χ0v) is 10.6. The van der Waals surface area contributed by atoms with E-state index in [4.69, 9.17) is 0 Å². The summed E-state index contributed by atoms with van der Waals surface area (Å²) in [6.07, 6.45) is 0.873. The molecule has 0 aliphatic heterocycles. The van der Waals surface area contributed by atoms with Gasteiger partial charge in [0.15, 0.2) is 18.4 Å². The van der Waals surface area contributed by atoms with Gasteiger partial charge in [0.2, 0.25) is 0 Å². The molecule has 2 aromatic carbocycles. The topological polar surface area (TPSA) is 71.4 Å². The molecule has 0 unspecified atom stereocenters. The smallest absolute Gasteiger partial charge is 0.167 e. The monoisotopic (exact) mass is 268 g/mol. The largest absolute Gasteiger partial charge is 0.507 e. The summed E-state index contributed by atoms with van der Waals surface area (Å²) < 4.78 is 0. The summed E-state index contributed by atoms with van der Waals surface area (Å²) in [5.74, 6) is -0.481. The average molecular weight is 268 g/mol. The van der Waals surface area contributed by atoms with Crippen LogP contribution in [0, 0.1) is 0 Å². The van der Waals surface area contributed by atoms with Gasteiger partial charge >= 0.3 is 0 Å². The van der Waals surface area contributed by atoms with Crippen LogP contribution in [0.4, 0.5) is 0 Å². The van der Waals surface area contributed by atoms with Crippen molar-refractivity contribution in [2.75, 3.05) is 0 Å². The standard InChI is InChI=1S/C16H12O4/c17-9-13-7-6-12(16(20)14(13)10-18)8-15(19)11-4-2-1-3-5-11/h1-7,9-10,20H,8H2. The molecule has 0 aromatic heterocycles. The second-order valence-corrected chi connectivity index (χ2v) is 4.28. The van der Waals surface area contributed by atoms with Gasteiger partial charge in [-0.05, 0) is 0 Å². The maximum atomic E-state index is 12.1. The van der Waals surface area contributed by atoms with E-state index in [9.17, 15) is 19.5 Å². The fourth-order valence-electron chi connectivity index (χ4n) is 1.94. The van der Waals surface area contributed by atoms with Crippen LogP contribution in [0.25, 0.3) is 0 Å². The van der Waals surface area contributed by atoms with E-state index in [0.717, 1.165) is 0 Å². The van der Waals surface area contributed by atoms with Crippen molar-refractivity contribution in [3.05, 3.63) is 64.7 Å². The van der Waals surface area contributed by atoms with Gasteiger partial charge in [0.25, 0.3) is 0 Å². The number of aromatic hydroxyl groups is 1. The summed E-state index contributed by atoms with van der Waals surface area (Å²) >= 11 is 0. The Morgan fingerprint density at radius 1 is 1.00 bits per heavy atom. The zero-order valence-electron chi connectivity index (χ0n) is 10.6. The van der Waals surface area contributed by atoms with E-state index >= 15 is 0 Å². The normalized spacial score (nSPS) is 10.0. The first kappa shape index (κ1) is 13.7. The Morgan fingerprint density at radius 2 is 1.70 bits per heavy atom. The fourth-order valence-corrected chi connectivity index (χ4v) is 1.94. The quantitative estimate of drug-likeness (QED) is 0.667. The molecule has 0 aliphatic rings. The number of phenols is 1. The number of carbonyl (C=O) groups is 3. The number of hydrogen-bond acceptors (Lipinski definition) is 4. The molecular weight excluding hydrogens is 256 g/mol. The van der Waals surface area contributed by atoms with Crippen molar-refractivity contribution in [3.8, 4) is 5.75 Å². The van der Waals surface area contributed by atoms with Gasteiger partial charge < -0.3 is 5.11 Å². The van der Waals surface area contributed by atoms with Gasteiger partial charge in [0.05, 0.1) is 5.56 Å². The van der Waals surface area contributed by atoms with Crippen molar-refractivity contribution in [1.29, 1.82) is 0 Å². The molecule has 2 rings (SSSR count). The highest BCUT2D eigenvalue weighted by Gasteiger charge is 2.15. The van der Waals surface area contributed by atoms with Crippen LogP contribution in [0.15, 0.2) is 42.5 Å². The number of Topliss-reactive ketones (excluding diaryl/α,β-unsaturated/α-hetero) is 1. The molecular formula is C16H12O4. The van der Waals surface area contributed by atoms with E-state index in [1.165, 1.54) is 12.1 Å². The lowest BCUT2D eigenvalue weighted by Crippen LogP contribution is -2.05. The first-order chi connectivity index (χ1) is 9.67. The molecule has 0 saturated heterocycles. The van der Waals surface area contributed by atoms with E-state index < -0.39 is 0 Å². The van der Waals surface area contributed by atoms with E-state index in [1.807, 2.05) is 0 Å². The molecule has 0 atom stereocenters. The molecule has 0 aliphatic carbocycles. The SMILES string of the molecule is O=Cc1ccc(CC(=O)c2ccccc2)c(O)c1C=O. The zero-order chi connectivity index (χ0) is 14.5. The molecule has 0 radical (unpaired) electrons. The second-order valence-electron chi connectivity index (χ2n) is 4.28. The molecule has 0 amide bonds. The highest BCUT2D eigenvalue weighted by Crippen LogP contribution is 2.25. The van der Waals surface area contributed by atoms with Crippen LogP contribution in [0.2, 0.25) is 0 Å². The van der Waals surface area contributed by atoms with Crippen LogP contribution in [0.1, 0.15) is 36.6 Å². The lowest BCUT2D eigenvalue weighted by molar-refractivity contribution is 0.0990. The molecule has 2 aromatic rings. The van der Waals surface area contributed by atoms with E-state index in [1.54, 1.807) is 30.3 Å². The third-order valence-electron chi connectivity index (χ3n) is 3.03. The number of aldehydes is 2. The van der Waals surface area contributed by atoms with Gasteiger partial charge in [-0.15, -0.1) is 0 Å². The first-order valence-corrected chi connectivity index (χ1v) is 6.00. The Kier molecular flexibility index (Phi) is 4.05. The lowest BCUT2D eigenvalue weighted by Gasteiger charge is -2.08. The van der Waals surface area contributed by atoms with Crippen LogP contribution >= 0.6 is 0 Å². The molecule has 100 valence electrons. The minimum absolute atomic E-state index is 0.0319. The van der Waals surface area contributed by atoms with E-state index in [0.29, 0.717) is 23.7 Å². The summed E-state index contributed by atoms with van der Waals surface area (Å²) in [7, 11) is 0. The summed E-state index contributed by atoms with van der Waals surface area (Å²) in [5.41, 5.74) is 0.873. The number of hydrogen-bond donors (Lipinski definition) is 1.